The molecule has 0 bridgehead atoms. The zero-order valence-corrected chi connectivity index (χ0v) is 8.15. The fraction of sp³-hybridized carbons (Fsp3) is 0.600. The van der Waals surface area contributed by atoms with Gasteiger partial charge < -0.3 is 5.32 Å². The Bertz CT molecular complexity index is 210. The third-order valence-corrected chi connectivity index (χ3v) is 3.58. The molecular formula is C10H16NS+. The van der Waals surface area contributed by atoms with Crippen molar-refractivity contribution in [2.45, 2.75) is 31.7 Å². The van der Waals surface area contributed by atoms with E-state index in [2.05, 4.69) is 22.8 Å². The fourth-order valence-electron chi connectivity index (χ4n) is 1.88. The van der Waals surface area contributed by atoms with Crippen molar-refractivity contribution in [3.05, 3.63) is 22.4 Å². The van der Waals surface area contributed by atoms with E-state index < -0.39 is 0 Å². The molecule has 2 N–H and O–H groups in total. The number of hydrogen-bond donors (Lipinski definition) is 1. The van der Waals surface area contributed by atoms with Crippen molar-refractivity contribution in [2.75, 3.05) is 6.54 Å². The van der Waals surface area contributed by atoms with Crippen LogP contribution >= 0.6 is 11.3 Å². The normalized spacial score (nSPS) is 25.2. The van der Waals surface area contributed by atoms with Gasteiger partial charge in [0.25, 0.3) is 0 Å². The minimum atomic E-state index is 0.771. The zero-order chi connectivity index (χ0) is 8.23. The van der Waals surface area contributed by atoms with E-state index in [-0.39, 0.29) is 0 Å². The first-order chi connectivity index (χ1) is 5.97. The number of nitrogens with two attached hydrogens (primary N) is 1. The summed E-state index contributed by atoms with van der Waals surface area (Å²) in [5, 5.41) is 4.70. The van der Waals surface area contributed by atoms with Gasteiger partial charge in [0.1, 0.15) is 6.04 Å². The summed E-state index contributed by atoms with van der Waals surface area (Å²) in [6.45, 7) is 1.32. The summed E-state index contributed by atoms with van der Waals surface area (Å²) < 4.78 is 0. The quantitative estimate of drug-likeness (QED) is 0.683. The number of hydrogen-bond acceptors (Lipinski definition) is 1. The van der Waals surface area contributed by atoms with Crippen LogP contribution < -0.4 is 5.32 Å². The largest absolute Gasteiger partial charge is 0.339 e. The van der Waals surface area contributed by atoms with Gasteiger partial charge in [-0.15, -0.1) is 11.3 Å². The fourth-order valence-corrected chi connectivity index (χ4v) is 2.74. The van der Waals surface area contributed by atoms with Crippen LogP contribution in [-0.2, 0) is 0 Å². The molecule has 1 aromatic rings. The van der Waals surface area contributed by atoms with E-state index in [0.717, 1.165) is 6.04 Å². The first kappa shape index (κ1) is 8.27. The lowest BCUT2D eigenvalue weighted by Gasteiger charge is -2.09. The maximum atomic E-state index is 2.51. The van der Waals surface area contributed by atoms with Crippen LogP contribution in [0.3, 0.4) is 0 Å². The molecule has 0 aliphatic carbocycles. The molecule has 0 aromatic carbocycles. The van der Waals surface area contributed by atoms with Crippen molar-refractivity contribution < 1.29 is 5.32 Å². The summed E-state index contributed by atoms with van der Waals surface area (Å²) in [4.78, 5) is 1.57. The van der Waals surface area contributed by atoms with Gasteiger partial charge in [0.2, 0.25) is 0 Å². The van der Waals surface area contributed by atoms with Gasteiger partial charge in [-0.05, 0) is 30.7 Å². The first-order valence-electron chi connectivity index (χ1n) is 4.83. The second-order valence-electron chi connectivity index (χ2n) is 3.50. The lowest BCUT2D eigenvalue weighted by molar-refractivity contribution is -0.694. The minimum Gasteiger partial charge on any atom is -0.339 e. The average Bonchev–Trinajstić information content (AvgIpc) is 2.48. The van der Waals surface area contributed by atoms with Crippen LogP contribution in [-0.4, -0.2) is 6.54 Å². The molecule has 2 heteroatoms. The Morgan fingerprint density at radius 1 is 1.33 bits per heavy atom. The van der Waals surface area contributed by atoms with E-state index in [9.17, 15) is 0 Å². The van der Waals surface area contributed by atoms with Gasteiger partial charge in [0.15, 0.2) is 0 Å². The van der Waals surface area contributed by atoms with E-state index in [0.29, 0.717) is 0 Å². The summed E-state index contributed by atoms with van der Waals surface area (Å²) in [5.41, 5.74) is 0. The maximum Gasteiger partial charge on any atom is 0.121 e. The molecule has 2 rings (SSSR count). The number of rotatable bonds is 1. The highest BCUT2D eigenvalue weighted by Gasteiger charge is 2.17. The molecule has 12 heavy (non-hydrogen) atoms. The van der Waals surface area contributed by atoms with Crippen LogP contribution in [0, 0.1) is 0 Å². The average molecular weight is 182 g/mol. The van der Waals surface area contributed by atoms with Gasteiger partial charge in [-0.1, -0.05) is 6.07 Å². The van der Waals surface area contributed by atoms with E-state index in [1.807, 2.05) is 11.3 Å². The van der Waals surface area contributed by atoms with Gasteiger partial charge in [-0.2, -0.15) is 0 Å². The number of thiophene rings is 1. The van der Waals surface area contributed by atoms with Gasteiger partial charge >= 0.3 is 0 Å². The van der Waals surface area contributed by atoms with Crippen molar-refractivity contribution in [3.8, 4) is 0 Å². The van der Waals surface area contributed by atoms with Crippen LogP contribution in [0.1, 0.15) is 36.6 Å². The highest BCUT2D eigenvalue weighted by molar-refractivity contribution is 7.10. The molecule has 0 unspecified atom stereocenters. The molecule has 1 aliphatic rings. The van der Waals surface area contributed by atoms with Crippen LogP contribution in [0.5, 0.6) is 0 Å². The molecule has 0 radical (unpaired) electrons. The van der Waals surface area contributed by atoms with Crippen LogP contribution in [0.2, 0.25) is 0 Å². The van der Waals surface area contributed by atoms with E-state index in [1.165, 1.54) is 32.2 Å². The lowest BCUT2D eigenvalue weighted by atomic mass is 10.1. The molecule has 1 aliphatic heterocycles. The van der Waals surface area contributed by atoms with Crippen molar-refractivity contribution in [1.29, 1.82) is 0 Å². The Morgan fingerprint density at radius 2 is 2.33 bits per heavy atom. The molecule has 1 nitrogen and oxygen atoms in total. The summed E-state index contributed by atoms with van der Waals surface area (Å²) in [7, 11) is 0. The SMILES string of the molecule is c1csc([C@@H]2CCCCC[NH2+]2)c1. The molecular weight excluding hydrogens is 166 g/mol. The molecule has 0 saturated carbocycles. The molecule has 1 aromatic heterocycles. The van der Waals surface area contributed by atoms with Gasteiger partial charge in [0, 0.05) is 6.42 Å². The van der Waals surface area contributed by atoms with E-state index in [4.69, 9.17) is 0 Å². The highest BCUT2D eigenvalue weighted by Crippen LogP contribution is 2.21. The lowest BCUT2D eigenvalue weighted by Crippen LogP contribution is -2.84. The monoisotopic (exact) mass is 182 g/mol. The number of quaternary nitrogens is 1. The Morgan fingerprint density at radius 3 is 3.17 bits per heavy atom. The molecule has 2 heterocycles. The highest BCUT2D eigenvalue weighted by atomic mass is 32.1. The molecule has 1 saturated heterocycles. The molecule has 1 atom stereocenters. The Hall–Kier alpha value is -0.340. The molecule has 1 fully saturated rings. The Kier molecular flexibility index (Phi) is 2.79. The third kappa shape index (κ3) is 1.87. The minimum absolute atomic E-state index is 0.771. The van der Waals surface area contributed by atoms with Gasteiger partial charge in [-0.25, -0.2) is 0 Å². The standard InChI is InChI=1S/C10H15NS/c1-2-5-9(11-7-3-1)10-6-4-8-12-10/h4,6,8-9,11H,1-3,5,7H2/p+1/t9-/m0/s1. The predicted molar refractivity (Wildman–Crippen MR) is 52.3 cm³/mol. The second-order valence-corrected chi connectivity index (χ2v) is 4.47. The van der Waals surface area contributed by atoms with Gasteiger partial charge in [0.05, 0.1) is 11.4 Å². The smallest absolute Gasteiger partial charge is 0.121 e. The summed E-state index contributed by atoms with van der Waals surface area (Å²) in [6, 6.07) is 5.21. The van der Waals surface area contributed by atoms with Gasteiger partial charge in [-0.3, -0.25) is 0 Å². The molecule has 0 spiro atoms. The maximum absolute atomic E-state index is 2.51. The Balaban J connectivity index is 2.02. The zero-order valence-electron chi connectivity index (χ0n) is 7.33. The third-order valence-electron chi connectivity index (χ3n) is 2.58. The first-order valence-corrected chi connectivity index (χ1v) is 5.71. The van der Waals surface area contributed by atoms with Crippen molar-refractivity contribution >= 4 is 11.3 Å². The van der Waals surface area contributed by atoms with E-state index >= 15 is 0 Å². The predicted octanol–water partition coefficient (Wildman–Crippen LogP) is 1.93. The van der Waals surface area contributed by atoms with Crippen LogP contribution in [0.15, 0.2) is 17.5 Å². The summed E-state index contributed by atoms with van der Waals surface area (Å²) in [6.07, 6.45) is 5.62. The molecule has 66 valence electrons. The summed E-state index contributed by atoms with van der Waals surface area (Å²) in [5.74, 6) is 0. The van der Waals surface area contributed by atoms with Crippen molar-refractivity contribution in [2.24, 2.45) is 0 Å². The summed E-state index contributed by atoms with van der Waals surface area (Å²) >= 11 is 1.91. The Labute approximate surface area is 77.8 Å². The van der Waals surface area contributed by atoms with E-state index in [1.54, 1.807) is 4.88 Å². The van der Waals surface area contributed by atoms with Crippen LogP contribution in [0.25, 0.3) is 0 Å². The van der Waals surface area contributed by atoms with Crippen LogP contribution in [0.4, 0.5) is 0 Å². The van der Waals surface area contributed by atoms with Crippen molar-refractivity contribution in [3.63, 3.8) is 0 Å². The second kappa shape index (κ2) is 4.06. The van der Waals surface area contributed by atoms with Crippen molar-refractivity contribution in [1.82, 2.24) is 0 Å². The molecule has 0 amide bonds. The topological polar surface area (TPSA) is 16.6 Å².